The third kappa shape index (κ3) is 7.81. The van der Waals surface area contributed by atoms with Crippen LogP contribution in [-0.2, 0) is 0 Å². The molecule has 1 heteroatoms. The van der Waals surface area contributed by atoms with Crippen molar-refractivity contribution in [1.82, 2.24) is 0 Å². The van der Waals surface area contributed by atoms with E-state index in [1.807, 2.05) is 6.08 Å². The van der Waals surface area contributed by atoms with Gasteiger partial charge in [0.15, 0.2) is 0 Å². The van der Waals surface area contributed by atoms with Gasteiger partial charge in [-0.1, -0.05) is 23.3 Å². The minimum Gasteiger partial charge on any atom is -0.396 e. The Balaban J connectivity index is 3.90. The van der Waals surface area contributed by atoms with Crippen LogP contribution < -0.4 is 0 Å². The summed E-state index contributed by atoms with van der Waals surface area (Å²) in [6.45, 7) is 9.92. The van der Waals surface area contributed by atoms with E-state index in [0.717, 1.165) is 32.1 Å². The van der Waals surface area contributed by atoms with Gasteiger partial charge in [-0.15, -0.1) is 13.2 Å². The lowest BCUT2D eigenvalue weighted by molar-refractivity contribution is 0.288. The second-order valence-electron chi connectivity index (χ2n) is 3.68. The summed E-state index contributed by atoms with van der Waals surface area (Å²) in [7, 11) is 0. The molecule has 0 aromatic rings. The standard InChI is InChI=1S/C13H22O/c1-4-7-13(10-6-11-14)9-5-8-12(2)3/h4,9,14H,1-2,5-8,10-11H2,3H3/b13-9-. The van der Waals surface area contributed by atoms with Crippen LogP contribution in [0.4, 0.5) is 0 Å². The maximum absolute atomic E-state index is 8.73. The van der Waals surface area contributed by atoms with Crippen molar-refractivity contribution >= 4 is 0 Å². The predicted molar refractivity (Wildman–Crippen MR) is 63.3 cm³/mol. The first-order valence-electron chi connectivity index (χ1n) is 5.24. The van der Waals surface area contributed by atoms with Crippen LogP contribution in [0.25, 0.3) is 0 Å². The lowest BCUT2D eigenvalue weighted by atomic mass is 10.0. The molecule has 1 nitrogen and oxygen atoms in total. The molecule has 0 spiro atoms. The van der Waals surface area contributed by atoms with E-state index < -0.39 is 0 Å². The van der Waals surface area contributed by atoms with Crippen LogP contribution >= 0.6 is 0 Å². The van der Waals surface area contributed by atoms with Gasteiger partial charge < -0.3 is 5.11 Å². The molecule has 0 aromatic carbocycles. The summed E-state index contributed by atoms with van der Waals surface area (Å²) in [5, 5.41) is 8.73. The van der Waals surface area contributed by atoms with Crippen molar-refractivity contribution in [2.24, 2.45) is 0 Å². The Hall–Kier alpha value is -0.820. The molecule has 0 fully saturated rings. The molecule has 80 valence electrons. The zero-order chi connectivity index (χ0) is 10.8. The van der Waals surface area contributed by atoms with Gasteiger partial charge in [-0.05, 0) is 39.0 Å². The van der Waals surface area contributed by atoms with Crippen LogP contribution in [0.1, 0.15) is 39.0 Å². The predicted octanol–water partition coefficient (Wildman–Crippen LogP) is 3.62. The SMILES string of the molecule is C=CC/C(=C/CCC(=C)C)CCCO. The zero-order valence-electron chi connectivity index (χ0n) is 9.26. The Bertz CT molecular complexity index is 201. The van der Waals surface area contributed by atoms with E-state index in [1.54, 1.807) is 0 Å². The minimum atomic E-state index is 0.273. The molecule has 0 aromatic heterocycles. The van der Waals surface area contributed by atoms with Crippen LogP contribution in [0.15, 0.2) is 36.5 Å². The number of hydrogen-bond acceptors (Lipinski definition) is 1. The van der Waals surface area contributed by atoms with Crippen LogP contribution in [0.3, 0.4) is 0 Å². The van der Waals surface area contributed by atoms with E-state index >= 15 is 0 Å². The third-order valence-corrected chi connectivity index (χ3v) is 2.07. The largest absolute Gasteiger partial charge is 0.396 e. The molecule has 0 saturated heterocycles. The molecule has 0 amide bonds. The Labute approximate surface area is 87.8 Å². The van der Waals surface area contributed by atoms with Gasteiger partial charge >= 0.3 is 0 Å². The summed E-state index contributed by atoms with van der Waals surface area (Å²) in [5.74, 6) is 0. The Morgan fingerprint density at radius 3 is 2.57 bits per heavy atom. The van der Waals surface area contributed by atoms with Gasteiger partial charge in [0.25, 0.3) is 0 Å². The fourth-order valence-corrected chi connectivity index (χ4v) is 1.30. The first-order valence-corrected chi connectivity index (χ1v) is 5.24. The van der Waals surface area contributed by atoms with Gasteiger partial charge in [-0.2, -0.15) is 0 Å². The van der Waals surface area contributed by atoms with Crippen LogP contribution in [0, 0.1) is 0 Å². The topological polar surface area (TPSA) is 20.2 Å². The van der Waals surface area contributed by atoms with E-state index in [4.69, 9.17) is 5.11 Å². The van der Waals surface area contributed by atoms with Crippen molar-refractivity contribution in [3.63, 3.8) is 0 Å². The average Bonchev–Trinajstić information content (AvgIpc) is 2.13. The van der Waals surface area contributed by atoms with E-state index in [9.17, 15) is 0 Å². The number of aliphatic hydroxyl groups is 1. The van der Waals surface area contributed by atoms with Crippen molar-refractivity contribution in [1.29, 1.82) is 0 Å². The molecule has 0 bridgehead atoms. The summed E-state index contributed by atoms with van der Waals surface area (Å²) >= 11 is 0. The fraction of sp³-hybridized carbons (Fsp3) is 0.538. The van der Waals surface area contributed by atoms with Gasteiger partial charge in [-0.25, -0.2) is 0 Å². The number of aliphatic hydroxyl groups excluding tert-OH is 1. The monoisotopic (exact) mass is 194 g/mol. The van der Waals surface area contributed by atoms with Crippen LogP contribution in [0.5, 0.6) is 0 Å². The highest BCUT2D eigenvalue weighted by molar-refractivity contribution is 5.07. The average molecular weight is 194 g/mol. The molecule has 0 aliphatic carbocycles. The smallest absolute Gasteiger partial charge is 0.0434 e. The molecular weight excluding hydrogens is 172 g/mol. The third-order valence-electron chi connectivity index (χ3n) is 2.07. The zero-order valence-corrected chi connectivity index (χ0v) is 9.26. The molecule has 0 aliphatic heterocycles. The Morgan fingerprint density at radius 1 is 1.36 bits per heavy atom. The molecule has 1 N–H and O–H groups in total. The summed E-state index contributed by atoms with van der Waals surface area (Å²) in [5.41, 5.74) is 2.61. The van der Waals surface area contributed by atoms with Crippen LogP contribution in [0.2, 0.25) is 0 Å². The molecule has 0 atom stereocenters. The highest BCUT2D eigenvalue weighted by Gasteiger charge is 1.94. The molecule has 0 aliphatic rings. The van der Waals surface area contributed by atoms with Crippen molar-refractivity contribution in [3.05, 3.63) is 36.5 Å². The van der Waals surface area contributed by atoms with E-state index in [0.29, 0.717) is 0 Å². The molecular formula is C13H22O. The molecule has 0 heterocycles. The van der Waals surface area contributed by atoms with Crippen molar-refractivity contribution in [3.8, 4) is 0 Å². The summed E-state index contributed by atoms with van der Waals surface area (Å²) < 4.78 is 0. The van der Waals surface area contributed by atoms with Crippen molar-refractivity contribution in [2.75, 3.05) is 6.61 Å². The van der Waals surface area contributed by atoms with Gasteiger partial charge in [0.05, 0.1) is 0 Å². The molecule has 0 saturated carbocycles. The van der Waals surface area contributed by atoms with E-state index in [-0.39, 0.29) is 6.61 Å². The highest BCUT2D eigenvalue weighted by Crippen LogP contribution is 2.13. The second kappa shape index (κ2) is 8.76. The molecule has 0 rings (SSSR count). The molecule has 14 heavy (non-hydrogen) atoms. The summed E-state index contributed by atoms with van der Waals surface area (Å²) in [6.07, 6.45) is 9.07. The first kappa shape index (κ1) is 13.2. The lowest BCUT2D eigenvalue weighted by Gasteiger charge is -2.03. The Morgan fingerprint density at radius 2 is 2.07 bits per heavy atom. The van der Waals surface area contributed by atoms with Crippen molar-refractivity contribution < 1.29 is 5.11 Å². The second-order valence-corrected chi connectivity index (χ2v) is 3.68. The fourth-order valence-electron chi connectivity index (χ4n) is 1.30. The maximum atomic E-state index is 8.73. The van der Waals surface area contributed by atoms with Gasteiger partial charge in [0.2, 0.25) is 0 Å². The van der Waals surface area contributed by atoms with Gasteiger partial charge in [0.1, 0.15) is 0 Å². The van der Waals surface area contributed by atoms with Crippen molar-refractivity contribution in [2.45, 2.75) is 39.0 Å². The number of allylic oxidation sites excluding steroid dienone is 4. The lowest BCUT2D eigenvalue weighted by Crippen LogP contribution is -1.87. The van der Waals surface area contributed by atoms with E-state index in [1.165, 1.54) is 11.1 Å². The van der Waals surface area contributed by atoms with Crippen LogP contribution in [-0.4, -0.2) is 11.7 Å². The summed E-state index contributed by atoms with van der Waals surface area (Å²) in [6, 6.07) is 0. The van der Waals surface area contributed by atoms with E-state index in [2.05, 4.69) is 26.2 Å². The summed E-state index contributed by atoms with van der Waals surface area (Å²) in [4.78, 5) is 0. The quantitative estimate of drug-likeness (QED) is 0.585. The molecule has 0 unspecified atom stereocenters. The number of rotatable bonds is 8. The molecule has 0 radical (unpaired) electrons. The number of hydrogen-bond donors (Lipinski definition) is 1. The Kier molecular flexibility index (Phi) is 8.25. The maximum Gasteiger partial charge on any atom is 0.0434 e. The normalized spacial score (nSPS) is 11.4. The van der Waals surface area contributed by atoms with Gasteiger partial charge in [-0.3, -0.25) is 0 Å². The van der Waals surface area contributed by atoms with Gasteiger partial charge in [0, 0.05) is 6.61 Å². The minimum absolute atomic E-state index is 0.273. The highest BCUT2D eigenvalue weighted by atomic mass is 16.2. The first-order chi connectivity index (χ1) is 6.70.